The number of nitrogens with two attached hydrogens (primary N) is 2. The number of nitrogens with one attached hydrogen (secondary N) is 1. The van der Waals surface area contributed by atoms with Gasteiger partial charge in [0.1, 0.15) is 0 Å². The first-order valence-corrected chi connectivity index (χ1v) is 12.6. The van der Waals surface area contributed by atoms with Crippen LogP contribution in [0, 0.1) is 5.41 Å². The molecule has 2 amide bonds. The fourth-order valence-corrected chi connectivity index (χ4v) is 4.03. The quantitative estimate of drug-likeness (QED) is 0.160. The molecule has 42 heavy (non-hydrogen) atoms. The second-order valence-corrected chi connectivity index (χ2v) is 9.55. The number of carboxylic acids is 1. The average molecular weight is 573 g/mol. The van der Waals surface area contributed by atoms with Crippen LogP contribution in [-0.2, 0) is 9.63 Å². The van der Waals surface area contributed by atoms with Crippen molar-refractivity contribution in [1.82, 2.24) is 5.06 Å². The van der Waals surface area contributed by atoms with Gasteiger partial charge in [-0.2, -0.15) is 10.2 Å². The summed E-state index contributed by atoms with van der Waals surface area (Å²) >= 11 is 0. The van der Waals surface area contributed by atoms with Gasteiger partial charge in [0.05, 0.1) is 59.0 Å². The molecule has 0 fully saturated rings. The molecule has 0 spiro atoms. The smallest absolute Gasteiger partial charge is 0.336 e. The first kappa shape index (κ1) is 31.1. The normalized spacial score (nSPS) is 12.7. The molecule has 13 heteroatoms. The highest BCUT2D eigenvalue weighted by molar-refractivity contribution is 6.47. The van der Waals surface area contributed by atoms with E-state index in [1.807, 2.05) is 0 Å². The number of carbonyl (C=O) groups excluding carboxylic acids is 2. The Labute approximate surface area is 242 Å². The first-order chi connectivity index (χ1) is 19.9. The van der Waals surface area contributed by atoms with E-state index in [1.165, 1.54) is 51.7 Å². The molecule has 0 heterocycles. The molecule has 0 saturated carbocycles. The second kappa shape index (κ2) is 13.3. The maximum Gasteiger partial charge on any atom is 0.336 e. The zero-order chi connectivity index (χ0) is 31.0. The average Bonchev–Trinajstić information content (AvgIpc) is 2.96. The van der Waals surface area contributed by atoms with Gasteiger partial charge < -0.3 is 22.1 Å². The van der Waals surface area contributed by atoms with E-state index in [-0.39, 0.29) is 34.1 Å². The summed E-state index contributed by atoms with van der Waals surface area (Å²) in [5.74, 6) is 9.71. The van der Waals surface area contributed by atoms with Crippen molar-refractivity contribution in [3.63, 3.8) is 0 Å². The lowest BCUT2D eigenvalue weighted by molar-refractivity contribution is -0.114. The van der Waals surface area contributed by atoms with E-state index < -0.39 is 17.3 Å². The molecule has 3 rings (SSSR count). The molecule has 0 aliphatic carbocycles. The van der Waals surface area contributed by atoms with Crippen molar-refractivity contribution in [2.75, 3.05) is 19.5 Å². The molecule has 0 saturated heterocycles. The van der Waals surface area contributed by atoms with Gasteiger partial charge in [-0.3, -0.25) is 24.4 Å². The van der Waals surface area contributed by atoms with Gasteiger partial charge in [-0.05, 0) is 49.6 Å². The standard InChI is InChI=1S/C29H32N8O5/c1-17(38)34-23-13-12-18(27(39)37(4)42-5)14-24(23)33-16-26(36-31)29(2,3)25(35-30)15-32-22-11-7-8-19-20(22)9-6-10-21(19)28(40)41/h6-16H,30-31H2,1-5H3,(H,34,38)(H,40,41)/b32-15?,33-16?,35-25+,36-26?. The minimum absolute atomic E-state index is 0.157. The third-order valence-corrected chi connectivity index (χ3v) is 6.46. The number of hydrazone groups is 2. The van der Waals surface area contributed by atoms with Crippen molar-refractivity contribution >= 4 is 69.5 Å². The van der Waals surface area contributed by atoms with Crippen LogP contribution in [0.3, 0.4) is 0 Å². The molecule has 3 aromatic carbocycles. The monoisotopic (exact) mass is 572 g/mol. The number of aromatic carboxylic acids is 1. The molecule has 0 aromatic heterocycles. The van der Waals surface area contributed by atoms with Crippen LogP contribution in [0.2, 0.25) is 0 Å². The maximum atomic E-state index is 12.6. The van der Waals surface area contributed by atoms with Gasteiger partial charge in [-0.15, -0.1) is 0 Å². The molecule has 0 atom stereocenters. The number of carboxylic acid groups (broad SMARTS) is 1. The summed E-state index contributed by atoms with van der Waals surface area (Å²) in [6.45, 7) is 4.87. The maximum absolute atomic E-state index is 12.6. The molecular weight excluding hydrogens is 540 g/mol. The van der Waals surface area contributed by atoms with E-state index in [1.54, 1.807) is 50.2 Å². The van der Waals surface area contributed by atoms with Crippen LogP contribution in [0.25, 0.3) is 10.8 Å². The van der Waals surface area contributed by atoms with Gasteiger partial charge in [0.15, 0.2) is 0 Å². The Hall–Kier alpha value is -5.43. The Bertz CT molecular complexity index is 1640. The summed E-state index contributed by atoms with van der Waals surface area (Å²) in [6.07, 6.45) is 2.83. The SMILES string of the molecule is CON(C)C(=O)c1ccc(NC(C)=O)c(N=CC(=NN)C(C)(C)/C(C=Nc2cccc3c(C(=O)O)cccc23)=N/N)c1. The van der Waals surface area contributed by atoms with Crippen molar-refractivity contribution in [2.45, 2.75) is 20.8 Å². The third-order valence-electron chi connectivity index (χ3n) is 6.46. The summed E-state index contributed by atoms with van der Waals surface area (Å²) in [5.41, 5.74) is 1.09. The number of hydroxylamine groups is 2. The Morgan fingerprint density at radius 2 is 1.52 bits per heavy atom. The summed E-state index contributed by atoms with van der Waals surface area (Å²) in [7, 11) is 2.83. The van der Waals surface area contributed by atoms with Crippen LogP contribution in [0.5, 0.6) is 0 Å². The van der Waals surface area contributed by atoms with Gasteiger partial charge in [0.25, 0.3) is 5.91 Å². The van der Waals surface area contributed by atoms with Crippen molar-refractivity contribution in [2.24, 2.45) is 37.3 Å². The van der Waals surface area contributed by atoms with Crippen LogP contribution in [0.15, 0.2) is 74.8 Å². The number of nitrogens with zero attached hydrogens (tertiary/aromatic N) is 5. The minimum Gasteiger partial charge on any atom is -0.478 e. The molecule has 0 bridgehead atoms. The molecule has 13 nitrogen and oxygen atoms in total. The Morgan fingerprint density at radius 3 is 2.10 bits per heavy atom. The van der Waals surface area contributed by atoms with Crippen molar-refractivity contribution in [1.29, 1.82) is 0 Å². The van der Waals surface area contributed by atoms with Crippen molar-refractivity contribution in [3.05, 3.63) is 65.7 Å². The Balaban J connectivity index is 1.98. The fourth-order valence-electron chi connectivity index (χ4n) is 4.03. The van der Waals surface area contributed by atoms with Gasteiger partial charge in [0, 0.05) is 24.9 Å². The summed E-state index contributed by atoms with van der Waals surface area (Å²) < 4.78 is 0. The van der Waals surface area contributed by atoms with Crippen LogP contribution >= 0.6 is 0 Å². The topological polar surface area (TPSA) is 197 Å². The van der Waals surface area contributed by atoms with E-state index in [2.05, 4.69) is 25.5 Å². The lowest BCUT2D eigenvalue weighted by Crippen LogP contribution is -2.37. The number of amides is 2. The molecule has 0 unspecified atom stereocenters. The predicted octanol–water partition coefficient (Wildman–Crippen LogP) is 3.89. The van der Waals surface area contributed by atoms with E-state index in [4.69, 9.17) is 16.5 Å². The number of anilines is 1. The van der Waals surface area contributed by atoms with E-state index >= 15 is 0 Å². The molecule has 6 N–H and O–H groups in total. The molecule has 0 aliphatic heterocycles. The third kappa shape index (κ3) is 6.82. The van der Waals surface area contributed by atoms with Crippen LogP contribution < -0.4 is 17.0 Å². The van der Waals surface area contributed by atoms with Gasteiger partial charge in [-0.25, -0.2) is 9.86 Å². The number of benzene rings is 3. The van der Waals surface area contributed by atoms with Crippen molar-refractivity contribution < 1.29 is 24.3 Å². The number of fused-ring (bicyclic) bond motifs is 1. The number of rotatable bonds is 10. The highest BCUT2D eigenvalue weighted by Gasteiger charge is 2.30. The van der Waals surface area contributed by atoms with E-state index in [9.17, 15) is 19.5 Å². The zero-order valence-corrected chi connectivity index (χ0v) is 23.8. The van der Waals surface area contributed by atoms with Gasteiger partial charge in [0.2, 0.25) is 5.91 Å². The molecule has 0 aliphatic rings. The number of carbonyl (C=O) groups is 3. The van der Waals surface area contributed by atoms with E-state index in [0.29, 0.717) is 22.1 Å². The van der Waals surface area contributed by atoms with Crippen LogP contribution in [-0.4, -0.2) is 66.0 Å². The Morgan fingerprint density at radius 1 is 0.929 bits per heavy atom. The molecular formula is C29H32N8O5. The molecule has 0 radical (unpaired) electrons. The first-order valence-electron chi connectivity index (χ1n) is 12.6. The highest BCUT2D eigenvalue weighted by atomic mass is 16.7. The zero-order valence-electron chi connectivity index (χ0n) is 23.8. The van der Waals surface area contributed by atoms with Gasteiger partial charge >= 0.3 is 5.97 Å². The van der Waals surface area contributed by atoms with E-state index in [0.717, 1.165) is 5.06 Å². The number of hydrogen-bond donors (Lipinski definition) is 4. The summed E-state index contributed by atoms with van der Waals surface area (Å²) in [4.78, 5) is 50.0. The predicted molar refractivity (Wildman–Crippen MR) is 164 cm³/mol. The highest BCUT2D eigenvalue weighted by Crippen LogP contribution is 2.30. The van der Waals surface area contributed by atoms with Crippen LogP contribution in [0.4, 0.5) is 17.1 Å². The summed E-state index contributed by atoms with van der Waals surface area (Å²) in [5, 5.41) is 22.2. The largest absolute Gasteiger partial charge is 0.478 e. The minimum atomic E-state index is -1.04. The number of aliphatic imine (C=N–C) groups is 2. The van der Waals surface area contributed by atoms with Crippen LogP contribution in [0.1, 0.15) is 41.5 Å². The second-order valence-electron chi connectivity index (χ2n) is 9.55. The molecule has 218 valence electrons. The van der Waals surface area contributed by atoms with Crippen molar-refractivity contribution in [3.8, 4) is 0 Å². The summed E-state index contributed by atoms with van der Waals surface area (Å²) in [6, 6.07) is 14.7. The number of hydrogen-bond acceptors (Lipinski definition) is 10. The van der Waals surface area contributed by atoms with Gasteiger partial charge in [-0.1, -0.05) is 24.3 Å². The lowest BCUT2D eigenvalue weighted by Gasteiger charge is -2.23. The molecule has 3 aromatic rings. The fraction of sp³-hybridized carbons (Fsp3) is 0.207. The Kier molecular flexibility index (Phi) is 9.84. The lowest BCUT2D eigenvalue weighted by atomic mass is 9.82.